The molecule has 1 aliphatic rings. The van der Waals surface area contributed by atoms with Gasteiger partial charge in [-0.1, -0.05) is 0 Å². The van der Waals surface area contributed by atoms with Gasteiger partial charge in [0.05, 0.1) is 12.3 Å². The van der Waals surface area contributed by atoms with Crippen LogP contribution in [0.4, 0.5) is 0 Å². The van der Waals surface area contributed by atoms with Crippen LogP contribution in [-0.2, 0) is 6.42 Å². The summed E-state index contributed by atoms with van der Waals surface area (Å²) in [5, 5.41) is 0. The largest absolute Gasteiger partial charge is 0.491 e. The van der Waals surface area contributed by atoms with Crippen LogP contribution in [0.5, 0.6) is 5.75 Å². The Labute approximate surface area is 69.6 Å². The first-order valence-corrected chi connectivity index (χ1v) is 4.03. The third kappa shape index (κ3) is 0.630. The van der Waals surface area contributed by atoms with Crippen molar-refractivity contribution in [2.24, 2.45) is 0 Å². The molecule has 0 aliphatic carbocycles. The summed E-state index contributed by atoms with van der Waals surface area (Å²) in [5.74, 6) is 1.00. The van der Waals surface area contributed by atoms with Crippen molar-refractivity contribution in [3.63, 3.8) is 0 Å². The van der Waals surface area contributed by atoms with Crippen LogP contribution in [-0.4, -0.2) is 16.0 Å². The van der Waals surface area contributed by atoms with Crippen molar-refractivity contribution >= 4 is 5.65 Å². The van der Waals surface area contributed by atoms with Crippen LogP contribution >= 0.6 is 0 Å². The van der Waals surface area contributed by atoms with Crippen LogP contribution in [0.25, 0.3) is 5.65 Å². The minimum Gasteiger partial charge on any atom is -0.491 e. The maximum absolute atomic E-state index is 5.43. The monoisotopic (exact) mass is 160 g/mol. The third-order valence-corrected chi connectivity index (χ3v) is 2.22. The summed E-state index contributed by atoms with van der Waals surface area (Å²) in [7, 11) is 0. The topological polar surface area (TPSA) is 26.5 Å². The van der Waals surface area contributed by atoms with E-state index in [4.69, 9.17) is 4.74 Å². The zero-order chi connectivity index (χ0) is 7.97. The van der Waals surface area contributed by atoms with Crippen LogP contribution in [0.2, 0.25) is 0 Å². The standard InChI is InChI=1S/C9H8N2O/c1-2-9-10-4-5-11(9)7-3-6-12-8(1)7/h1-2,4-5H,3,6H2. The highest BCUT2D eigenvalue weighted by Crippen LogP contribution is 2.25. The Morgan fingerprint density at radius 2 is 2.42 bits per heavy atom. The highest BCUT2D eigenvalue weighted by Gasteiger charge is 2.14. The van der Waals surface area contributed by atoms with E-state index in [2.05, 4.69) is 9.38 Å². The molecule has 3 heteroatoms. The molecule has 0 saturated carbocycles. The summed E-state index contributed by atoms with van der Waals surface area (Å²) in [6.07, 6.45) is 4.78. The smallest absolute Gasteiger partial charge is 0.139 e. The molecule has 0 saturated heterocycles. The highest BCUT2D eigenvalue weighted by atomic mass is 16.5. The van der Waals surface area contributed by atoms with Gasteiger partial charge in [-0.25, -0.2) is 4.98 Å². The molecular formula is C9H8N2O. The quantitative estimate of drug-likeness (QED) is 0.580. The first-order chi connectivity index (χ1) is 5.95. The van der Waals surface area contributed by atoms with Gasteiger partial charge < -0.3 is 9.14 Å². The van der Waals surface area contributed by atoms with E-state index >= 15 is 0 Å². The molecular weight excluding hydrogens is 152 g/mol. The number of fused-ring (bicyclic) bond motifs is 3. The van der Waals surface area contributed by atoms with Crippen LogP contribution in [0.15, 0.2) is 24.5 Å². The van der Waals surface area contributed by atoms with E-state index < -0.39 is 0 Å². The molecule has 60 valence electrons. The molecule has 0 amide bonds. The highest BCUT2D eigenvalue weighted by molar-refractivity contribution is 5.47. The average Bonchev–Trinajstić information content (AvgIpc) is 2.71. The number of nitrogens with zero attached hydrogens (tertiary/aromatic N) is 2. The Balaban J connectivity index is 2.46. The summed E-state index contributed by atoms with van der Waals surface area (Å²) in [4.78, 5) is 4.20. The Morgan fingerprint density at radius 1 is 1.42 bits per heavy atom. The molecule has 0 bridgehead atoms. The zero-order valence-corrected chi connectivity index (χ0v) is 6.53. The fourth-order valence-electron chi connectivity index (χ4n) is 1.66. The summed E-state index contributed by atoms with van der Waals surface area (Å²) in [5.41, 5.74) is 2.24. The molecule has 0 atom stereocenters. The molecule has 12 heavy (non-hydrogen) atoms. The summed E-state index contributed by atoms with van der Waals surface area (Å²) in [6.45, 7) is 0.798. The normalized spacial score (nSPS) is 14.7. The lowest BCUT2D eigenvalue weighted by Crippen LogP contribution is -1.91. The SMILES string of the molecule is c1cn2c3c(ccc2n1)OCC3. The van der Waals surface area contributed by atoms with E-state index in [0.29, 0.717) is 0 Å². The van der Waals surface area contributed by atoms with Crippen molar-refractivity contribution in [1.29, 1.82) is 0 Å². The molecule has 3 rings (SSSR count). The van der Waals surface area contributed by atoms with Gasteiger partial charge in [0, 0.05) is 18.8 Å². The van der Waals surface area contributed by atoms with Gasteiger partial charge in [0.1, 0.15) is 11.4 Å². The van der Waals surface area contributed by atoms with Crippen LogP contribution in [0, 0.1) is 0 Å². The Kier molecular flexibility index (Phi) is 1.01. The van der Waals surface area contributed by atoms with E-state index in [-0.39, 0.29) is 0 Å². The summed E-state index contributed by atoms with van der Waals surface area (Å²) < 4.78 is 7.51. The predicted octanol–water partition coefficient (Wildman–Crippen LogP) is 1.27. The predicted molar refractivity (Wildman–Crippen MR) is 44.4 cm³/mol. The second-order valence-corrected chi connectivity index (χ2v) is 2.90. The molecule has 3 nitrogen and oxygen atoms in total. The van der Waals surface area contributed by atoms with Gasteiger partial charge in [-0.3, -0.25) is 0 Å². The van der Waals surface area contributed by atoms with E-state index in [9.17, 15) is 0 Å². The van der Waals surface area contributed by atoms with Crippen LogP contribution < -0.4 is 4.74 Å². The Bertz CT molecular complexity index is 433. The van der Waals surface area contributed by atoms with E-state index in [1.807, 2.05) is 24.5 Å². The zero-order valence-electron chi connectivity index (χ0n) is 6.53. The number of rotatable bonds is 0. The van der Waals surface area contributed by atoms with Crippen molar-refractivity contribution < 1.29 is 4.74 Å². The maximum Gasteiger partial charge on any atom is 0.139 e. The molecule has 2 aromatic rings. The van der Waals surface area contributed by atoms with Crippen molar-refractivity contribution in [2.45, 2.75) is 6.42 Å². The van der Waals surface area contributed by atoms with Gasteiger partial charge in [0.2, 0.25) is 0 Å². The first kappa shape index (κ1) is 6.06. The van der Waals surface area contributed by atoms with Gasteiger partial charge in [-0.05, 0) is 12.1 Å². The van der Waals surface area contributed by atoms with Crippen LogP contribution in [0.1, 0.15) is 5.69 Å². The van der Waals surface area contributed by atoms with Crippen molar-refractivity contribution in [3.8, 4) is 5.75 Å². The molecule has 2 aromatic heterocycles. The molecule has 3 heterocycles. The second-order valence-electron chi connectivity index (χ2n) is 2.90. The number of aromatic nitrogens is 2. The maximum atomic E-state index is 5.43. The lowest BCUT2D eigenvalue weighted by Gasteiger charge is -2.00. The van der Waals surface area contributed by atoms with Gasteiger partial charge in [0.25, 0.3) is 0 Å². The molecule has 0 spiro atoms. The molecule has 0 aromatic carbocycles. The number of ether oxygens (including phenoxy) is 1. The number of hydrogen-bond donors (Lipinski definition) is 0. The number of pyridine rings is 1. The summed E-state index contributed by atoms with van der Waals surface area (Å²) >= 11 is 0. The first-order valence-electron chi connectivity index (χ1n) is 4.03. The van der Waals surface area contributed by atoms with Gasteiger partial charge in [-0.15, -0.1) is 0 Å². The lowest BCUT2D eigenvalue weighted by molar-refractivity contribution is 0.357. The lowest BCUT2D eigenvalue weighted by atomic mass is 10.3. The molecule has 0 N–H and O–H groups in total. The Hall–Kier alpha value is -1.51. The summed E-state index contributed by atoms with van der Waals surface area (Å²) in [6, 6.07) is 3.97. The number of imidazole rings is 1. The number of hydrogen-bond acceptors (Lipinski definition) is 2. The molecule has 0 fully saturated rings. The molecule has 0 unspecified atom stereocenters. The fourth-order valence-corrected chi connectivity index (χ4v) is 1.66. The van der Waals surface area contributed by atoms with E-state index in [0.717, 1.165) is 24.4 Å². The van der Waals surface area contributed by atoms with Crippen molar-refractivity contribution in [3.05, 3.63) is 30.2 Å². The van der Waals surface area contributed by atoms with Gasteiger partial charge >= 0.3 is 0 Å². The minimum absolute atomic E-state index is 0.798. The van der Waals surface area contributed by atoms with Gasteiger partial charge in [-0.2, -0.15) is 0 Å². The van der Waals surface area contributed by atoms with E-state index in [1.165, 1.54) is 5.69 Å². The van der Waals surface area contributed by atoms with E-state index in [1.54, 1.807) is 0 Å². The van der Waals surface area contributed by atoms with Crippen molar-refractivity contribution in [2.75, 3.05) is 6.61 Å². The van der Waals surface area contributed by atoms with Crippen molar-refractivity contribution in [1.82, 2.24) is 9.38 Å². The molecule has 1 aliphatic heterocycles. The minimum atomic E-state index is 0.798. The third-order valence-electron chi connectivity index (χ3n) is 2.22. The second kappa shape index (κ2) is 2.00. The fraction of sp³-hybridized carbons (Fsp3) is 0.222. The van der Waals surface area contributed by atoms with Gasteiger partial charge in [0.15, 0.2) is 0 Å². The average molecular weight is 160 g/mol. The Morgan fingerprint density at radius 3 is 3.42 bits per heavy atom. The molecule has 0 radical (unpaired) electrons. The van der Waals surface area contributed by atoms with Crippen LogP contribution in [0.3, 0.4) is 0 Å².